The van der Waals surface area contributed by atoms with Gasteiger partial charge in [-0.1, -0.05) is 24.3 Å². The minimum Gasteiger partial charge on any atom is -0.488 e. The molecule has 0 aliphatic rings. The molecule has 114 valence electrons. The van der Waals surface area contributed by atoms with E-state index in [1.807, 2.05) is 0 Å². The van der Waals surface area contributed by atoms with Crippen molar-refractivity contribution in [2.75, 3.05) is 0 Å². The zero-order valence-corrected chi connectivity index (χ0v) is 11.2. The first kappa shape index (κ1) is 14.4. The van der Waals surface area contributed by atoms with Gasteiger partial charge in [0.1, 0.15) is 18.2 Å². The van der Waals surface area contributed by atoms with Gasteiger partial charge in [-0.2, -0.15) is 13.2 Å². The Labute approximate surface area is 123 Å². The third kappa shape index (κ3) is 2.64. The molecule has 3 rings (SSSR count). The highest BCUT2D eigenvalue weighted by molar-refractivity contribution is 5.83. The van der Waals surface area contributed by atoms with E-state index >= 15 is 0 Å². The number of para-hydroxylation sites is 2. The van der Waals surface area contributed by atoms with Gasteiger partial charge < -0.3 is 9.72 Å². The van der Waals surface area contributed by atoms with Gasteiger partial charge in [-0.3, -0.25) is 0 Å². The molecule has 22 heavy (non-hydrogen) atoms. The highest BCUT2D eigenvalue weighted by Crippen LogP contribution is 2.36. The molecule has 1 heterocycles. The maximum absolute atomic E-state index is 13.6. The van der Waals surface area contributed by atoms with Gasteiger partial charge in [0, 0.05) is 17.1 Å². The maximum Gasteiger partial charge on any atom is 0.419 e. The molecule has 3 aromatic rings. The molecule has 0 aliphatic heterocycles. The van der Waals surface area contributed by atoms with E-state index < -0.39 is 17.6 Å². The Morgan fingerprint density at radius 1 is 1.00 bits per heavy atom. The maximum atomic E-state index is 13.6. The van der Waals surface area contributed by atoms with Crippen LogP contribution in [0, 0.1) is 5.82 Å². The summed E-state index contributed by atoms with van der Waals surface area (Å²) in [7, 11) is 0. The van der Waals surface area contributed by atoms with E-state index in [1.54, 1.807) is 12.1 Å². The van der Waals surface area contributed by atoms with Crippen LogP contribution >= 0.6 is 0 Å². The van der Waals surface area contributed by atoms with Crippen molar-refractivity contribution < 1.29 is 22.3 Å². The molecule has 1 N–H and O–H groups in total. The van der Waals surface area contributed by atoms with E-state index in [4.69, 9.17) is 4.74 Å². The molecule has 0 bridgehead atoms. The van der Waals surface area contributed by atoms with Crippen LogP contribution in [-0.2, 0) is 12.8 Å². The van der Waals surface area contributed by atoms with Gasteiger partial charge in [0.25, 0.3) is 0 Å². The number of ether oxygens (including phenoxy) is 1. The van der Waals surface area contributed by atoms with Gasteiger partial charge in [0.15, 0.2) is 0 Å². The predicted molar refractivity (Wildman–Crippen MR) is 74.0 cm³/mol. The topological polar surface area (TPSA) is 25.0 Å². The zero-order valence-electron chi connectivity index (χ0n) is 11.2. The quantitative estimate of drug-likeness (QED) is 0.684. The Morgan fingerprint density at radius 3 is 2.55 bits per heavy atom. The molecule has 0 atom stereocenters. The van der Waals surface area contributed by atoms with Gasteiger partial charge in [-0.15, -0.1) is 0 Å². The van der Waals surface area contributed by atoms with Crippen LogP contribution in [0.5, 0.6) is 5.75 Å². The van der Waals surface area contributed by atoms with E-state index in [-0.39, 0.29) is 12.4 Å². The Bertz CT molecular complexity index is 807. The minimum absolute atomic E-state index is 0.0868. The van der Waals surface area contributed by atoms with E-state index in [9.17, 15) is 17.6 Å². The van der Waals surface area contributed by atoms with E-state index in [0.29, 0.717) is 16.5 Å². The summed E-state index contributed by atoms with van der Waals surface area (Å²) in [5.41, 5.74) is 0.0673. The molecule has 0 aliphatic carbocycles. The van der Waals surface area contributed by atoms with Gasteiger partial charge in [0.2, 0.25) is 0 Å². The van der Waals surface area contributed by atoms with Crippen LogP contribution in [0.1, 0.15) is 11.1 Å². The summed E-state index contributed by atoms with van der Waals surface area (Å²) in [5, 5.41) is 0.587. The summed E-state index contributed by atoms with van der Waals surface area (Å²) in [6.45, 7) is -0.0868. The molecule has 0 unspecified atom stereocenters. The van der Waals surface area contributed by atoms with E-state index in [1.165, 1.54) is 30.5 Å². The van der Waals surface area contributed by atoms with Crippen molar-refractivity contribution in [1.29, 1.82) is 0 Å². The minimum atomic E-state index is -4.48. The van der Waals surface area contributed by atoms with Crippen molar-refractivity contribution in [3.8, 4) is 5.75 Å². The number of aromatic nitrogens is 1. The largest absolute Gasteiger partial charge is 0.488 e. The monoisotopic (exact) mass is 309 g/mol. The number of H-pyrrole nitrogens is 1. The van der Waals surface area contributed by atoms with Crippen molar-refractivity contribution in [2.45, 2.75) is 12.8 Å². The normalized spacial score (nSPS) is 11.8. The van der Waals surface area contributed by atoms with Gasteiger partial charge >= 0.3 is 6.18 Å². The number of rotatable bonds is 3. The van der Waals surface area contributed by atoms with Gasteiger partial charge in [-0.05, 0) is 18.2 Å². The van der Waals surface area contributed by atoms with Crippen LogP contribution in [0.15, 0.2) is 48.7 Å². The average molecular weight is 309 g/mol. The lowest BCUT2D eigenvalue weighted by Gasteiger charge is -2.13. The van der Waals surface area contributed by atoms with E-state index in [2.05, 4.69) is 4.98 Å². The molecule has 2 aromatic carbocycles. The molecule has 0 saturated heterocycles. The second kappa shape index (κ2) is 5.36. The number of nitrogens with one attached hydrogen (secondary N) is 1. The number of hydrogen-bond donors (Lipinski definition) is 1. The summed E-state index contributed by atoms with van der Waals surface area (Å²) in [5.74, 6) is -0.666. The van der Waals surface area contributed by atoms with Gasteiger partial charge in [-0.25, -0.2) is 4.39 Å². The second-order valence-corrected chi connectivity index (χ2v) is 4.76. The molecule has 0 spiro atoms. The van der Waals surface area contributed by atoms with Crippen LogP contribution in [-0.4, -0.2) is 4.98 Å². The molecule has 6 heteroatoms. The third-order valence-electron chi connectivity index (χ3n) is 3.33. The van der Waals surface area contributed by atoms with Crippen LogP contribution in [0.25, 0.3) is 10.9 Å². The molecule has 0 fully saturated rings. The van der Waals surface area contributed by atoms with Crippen LogP contribution in [0.4, 0.5) is 17.6 Å². The lowest BCUT2D eigenvalue weighted by Crippen LogP contribution is -2.08. The molecule has 0 saturated carbocycles. The fourth-order valence-corrected chi connectivity index (χ4v) is 2.28. The molecule has 1 aromatic heterocycles. The summed E-state index contributed by atoms with van der Waals surface area (Å²) < 4.78 is 57.5. The van der Waals surface area contributed by atoms with Crippen molar-refractivity contribution in [3.63, 3.8) is 0 Å². The fourth-order valence-electron chi connectivity index (χ4n) is 2.28. The standard InChI is InChI=1S/C16H11F4NO/c17-13-6-3-4-11-10(8-21-15(11)13)9-22-14-7-2-1-5-12(14)16(18,19)20/h1-8,21H,9H2. The van der Waals surface area contributed by atoms with Crippen molar-refractivity contribution >= 4 is 10.9 Å². The third-order valence-corrected chi connectivity index (χ3v) is 3.33. The summed E-state index contributed by atoms with van der Waals surface area (Å²) in [4.78, 5) is 2.76. The molecule has 0 radical (unpaired) electrons. The summed E-state index contributed by atoms with van der Waals surface area (Å²) in [6, 6.07) is 9.53. The summed E-state index contributed by atoms with van der Waals surface area (Å²) >= 11 is 0. The molecule has 2 nitrogen and oxygen atoms in total. The highest BCUT2D eigenvalue weighted by Gasteiger charge is 2.34. The zero-order chi connectivity index (χ0) is 15.7. The first-order chi connectivity index (χ1) is 10.5. The number of fused-ring (bicyclic) bond motifs is 1. The lowest BCUT2D eigenvalue weighted by atomic mass is 10.1. The number of alkyl halides is 3. The average Bonchev–Trinajstić information content (AvgIpc) is 2.89. The number of halogens is 4. The lowest BCUT2D eigenvalue weighted by molar-refractivity contribution is -0.139. The van der Waals surface area contributed by atoms with E-state index in [0.717, 1.165) is 6.07 Å². The molecular formula is C16H11F4NO. The Balaban J connectivity index is 1.88. The number of benzene rings is 2. The van der Waals surface area contributed by atoms with Crippen molar-refractivity contribution in [3.05, 3.63) is 65.6 Å². The van der Waals surface area contributed by atoms with Crippen LogP contribution < -0.4 is 4.74 Å². The smallest absolute Gasteiger partial charge is 0.419 e. The number of aromatic amines is 1. The number of hydrogen-bond acceptors (Lipinski definition) is 1. The first-order valence-corrected chi connectivity index (χ1v) is 6.50. The predicted octanol–water partition coefficient (Wildman–Crippen LogP) is 4.90. The van der Waals surface area contributed by atoms with Gasteiger partial charge in [0.05, 0.1) is 11.1 Å². The van der Waals surface area contributed by atoms with Crippen LogP contribution in [0.2, 0.25) is 0 Å². The Hall–Kier alpha value is -2.50. The SMILES string of the molecule is Fc1cccc2c(COc3ccccc3C(F)(F)F)c[nH]c12. The second-order valence-electron chi connectivity index (χ2n) is 4.76. The molecular weight excluding hydrogens is 298 g/mol. The van der Waals surface area contributed by atoms with Crippen molar-refractivity contribution in [2.24, 2.45) is 0 Å². The fraction of sp³-hybridized carbons (Fsp3) is 0.125. The summed E-state index contributed by atoms with van der Waals surface area (Å²) in [6.07, 6.45) is -2.95. The molecule has 0 amide bonds. The Morgan fingerprint density at radius 2 is 1.77 bits per heavy atom. The van der Waals surface area contributed by atoms with Crippen LogP contribution in [0.3, 0.4) is 0 Å². The highest BCUT2D eigenvalue weighted by atomic mass is 19.4. The first-order valence-electron chi connectivity index (χ1n) is 6.50. The Kier molecular flexibility index (Phi) is 3.52. The van der Waals surface area contributed by atoms with Crippen molar-refractivity contribution in [1.82, 2.24) is 4.98 Å².